The Labute approximate surface area is 131 Å². The third-order valence-electron chi connectivity index (χ3n) is 3.75. The van der Waals surface area contributed by atoms with Crippen LogP contribution in [0, 0.1) is 0 Å². The van der Waals surface area contributed by atoms with E-state index in [4.69, 9.17) is 17.3 Å². The van der Waals surface area contributed by atoms with Crippen LogP contribution < -0.4 is 11.1 Å². The first-order valence-electron chi connectivity index (χ1n) is 7.30. The molecule has 0 aliphatic carbocycles. The number of likely N-dealkylation sites (N-methyl/N-ethyl adjacent to an activating group) is 1. The van der Waals surface area contributed by atoms with Crippen LogP contribution in [-0.2, 0) is 4.79 Å². The highest BCUT2D eigenvalue weighted by atomic mass is 35.5. The first kappa shape index (κ1) is 16.1. The average Bonchev–Trinajstić information content (AvgIpc) is 2.65. The molecule has 1 aliphatic heterocycles. The third-order valence-corrected chi connectivity index (χ3v) is 4.09. The third kappa shape index (κ3) is 5.19. The van der Waals surface area contributed by atoms with Crippen molar-refractivity contribution in [3.63, 3.8) is 0 Å². The normalized spacial score (nSPS) is 17.4. The molecule has 6 heteroatoms. The number of rotatable bonds is 4. The summed E-state index contributed by atoms with van der Waals surface area (Å²) >= 11 is 5.86. The molecule has 1 fully saturated rings. The predicted molar refractivity (Wildman–Crippen MR) is 87.7 cm³/mol. The van der Waals surface area contributed by atoms with E-state index in [0.717, 1.165) is 39.1 Å². The van der Waals surface area contributed by atoms with E-state index in [1.54, 1.807) is 18.2 Å². The van der Waals surface area contributed by atoms with Crippen LogP contribution in [0.15, 0.2) is 18.2 Å². The van der Waals surface area contributed by atoms with Gasteiger partial charge in [-0.05, 0) is 44.8 Å². The largest absolute Gasteiger partial charge is 0.397 e. The molecule has 5 nitrogen and oxygen atoms in total. The summed E-state index contributed by atoms with van der Waals surface area (Å²) in [4.78, 5) is 16.7. The fourth-order valence-electron chi connectivity index (χ4n) is 2.43. The van der Waals surface area contributed by atoms with Gasteiger partial charge < -0.3 is 20.9 Å². The van der Waals surface area contributed by atoms with Gasteiger partial charge in [0, 0.05) is 31.7 Å². The minimum atomic E-state index is 0.00863. The van der Waals surface area contributed by atoms with E-state index >= 15 is 0 Å². The fourth-order valence-corrected chi connectivity index (χ4v) is 2.55. The molecule has 1 saturated heterocycles. The second-order valence-electron chi connectivity index (χ2n) is 5.53. The molecular weight excluding hydrogens is 288 g/mol. The highest BCUT2D eigenvalue weighted by Crippen LogP contribution is 2.22. The summed E-state index contributed by atoms with van der Waals surface area (Å²) < 4.78 is 0. The second-order valence-corrected chi connectivity index (χ2v) is 5.94. The van der Waals surface area contributed by atoms with Gasteiger partial charge in [0.25, 0.3) is 0 Å². The predicted octanol–water partition coefficient (Wildman–Crippen LogP) is 1.89. The van der Waals surface area contributed by atoms with Gasteiger partial charge in [-0.2, -0.15) is 0 Å². The molecule has 2 rings (SSSR count). The number of carbonyl (C=O) groups excluding carboxylic acids is 1. The fraction of sp³-hybridized carbons (Fsp3) is 0.533. The van der Waals surface area contributed by atoms with Crippen LogP contribution in [0.5, 0.6) is 0 Å². The quantitative estimate of drug-likeness (QED) is 0.834. The number of carbonyl (C=O) groups is 1. The van der Waals surface area contributed by atoms with E-state index in [-0.39, 0.29) is 5.91 Å². The minimum Gasteiger partial charge on any atom is -0.397 e. The van der Waals surface area contributed by atoms with E-state index in [0.29, 0.717) is 22.8 Å². The summed E-state index contributed by atoms with van der Waals surface area (Å²) in [6.07, 6.45) is 1.65. The van der Waals surface area contributed by atoms with E-state index in [9.17, 15) is 4.79 Å². The minimum absolute atomic E-state index is 0.00863. The van der Waals surface area contributed by atoms with Crippen molar-refractivity contribution in [3.8, 4) is 0 Å². The van der Waals surface area contributed by atoms with Gasteiger partial charge in [-0.1, -0.05) is 11.6 Å². The zero-order valence-corrected chi connectivity index (χ0v) is 13.2. The molecular formula is C15H23ClN4O. The van der Waals surface area contributed by atoms with Crippen LogP contribution in [-0.4, -0.2) is 55.5 Å². The second kappa shape index (κ2) is 7.64. The smallest absolute Gasteiger partial charge is 0.225 e. The molecule has 116 valence electrons. The van der Waals surface area contributed by atoms with Crippen molar-refractivity contribution in [2.24, 2.45) is 0 Å². The summed E-state index contributed by atoms with van der Waals surface area (Å²) in [7, 11) is 2.14. The van der Waals surface area contributed by atoms with Crippen molar-refractivity contribution >= 4 is 28.9 Å². The standard InChI is InChI=1S/C15H23ClN4O/c1-19-6-2-7-20(10-9-19)8-5-15(21)18-12-3-4-13(16)14(17)11-12/h3-4,11H,2,5-10,17H2,1H3,(H,18,21). The number of anilines is 2. The van der Waals surface area contributed by atoms with Crippen molar-refractivity contribution in [1.29, 1.82) is 0 Å². The van der Waals surface area contributed by atoms with Crippen molar-refractivity contribution in [2.75, 3.05) is 50.8 Å². The summed E-state index contributed by atoms with van der Waals surface area (Å²) in [5.74, 6) is 0.00863. The number of nitrogens with two attached hydrogens (primary N) is 1. The van der Waals surface area contributed by atoms with E-state index < -0.39 is 0 Å². The zero-order valence-electron chi connectivity index (χ0n) is 12.4. The maximum atomic E-state index is 12.0. The van der Waals surface area contributed by atoms with Crippen LogP contribution in [0.3, 0.4) is 0 Å². The van der Waals surface area contributed by atoms with Gasteiger partial charge in [0.15, 0.2) is 0 Å². The summed E-state index contributed by atoms with van der Waals surface area (Å²) in [6.45, 7) is 5.08. The number of hydrogen-bond donors (Lipinski definition) is 2. The molecule has 0 spiro atoms. The van der Waals surface area contributed by atoms with E-state index in [1.165, 1.54) is 0 Å². The molecule has 1 aromatic carbocycles. The Morgan fingerprint density at radius 2 is 2.14 bits per heavy atom. The number of hydrogen-bond acceptors (Lipinski definition) is 4. The molecule has 1 heterocycles. The van der Waals surface area contributed by atoms with Crippen molar-refractivity contribution < 1.29 is 4.79 Å². The first-order chi connectivity index (χ1) is 10.0. The van der Waals surface area contributed by atoms with E-state index in [2.05, 4.69) is 22.2 Å². The number of halogens is 1. The van der Waals surface area contributed by atoms with Gasteiger partial charge in [0.2, 0.25) is 5.91 Å². The van der Waals surface area contributed by atoms with Gasteiger partial charge in [-0.15, -0.1) is 0 Å². The number of amides is 1. The van der Waals surface area contributed by atoms with Gasteiger partial charge in [0.1, 0.15) is 0 Å². The Morgan fingerprint density at radius 1 is 1.33 bits per heavy atom. The molecule has 21 heavy (non-hydrogen) atoms. The Kier molecular flexibility index (Phi) is 5.85. The molecule has 0 radical (unpaired) electrons. The lowest BCUT2D eigenvalue weighted by molar-refractivity contribution is -0.116. The van der Waals surface area contributed by atoms with Crippen LogP contribution in [0.1, 0.15) is 12.8 Å². The molecule has 3 N–H and O–H groups in total. The van der Waals surface area contributed by atoms with Crippen molar-refractivity contribution in [1.82, 2.24) is 9.80 Å². The average molecular weight is 311 g/mol. The van der Waals surface area contributed by atoms with Gasteiger partial charge in [-0.25, -0.2) is 0 Å². The Morgan fingerprint density at radius 3 is 2.90 bits per heavy atom. The number of nitrogen functional groups attached to an aromatic ring is 1. The molecule has 0 aromatic heterocycles. The Hall–Kier alpha value is -1.30. The summed E-state index contributed by atoms with van der Waals surface area (Å²) in [5, 5.41) is 3.36. The van der Waals surface area contributed by atoms with Gasteiger partial charge in [-0.3, -0.25) is 4.79 Å². The van der Waals surface area contributed by atoms with Crippen LogP contribution in [0.25, 0.3) is 0 Å². The first-order valence-corrected chi connectivity index (χ1v) is 7.68. The molecule has 0 unspecified atom stereocenters. The summed E-state index contributed by atoms with van der Waals surface area (Å²) in [5.41, 5.74) is 6.89. The number of nitrogens with zero attached hydrogens (tertiary/aromatic N) is 2. The highest BCUT2D eigenvalue weighted by Gasteiger charge is 2.13. The van der Waals surface area contributed by atoms with Crippen molar-refractivity contribution in [2.45, 2.75) is 12.8 Å². The molecule has 1 amide bonds. The number of benzene rings is 1. The number of nitrogens with one attached hydrogen (secondary N) is 1. The Bertz CT molecular complexity index is 495. The lowest BCUT2D eigenvalue weighted by atomic mass is 10.2. The summed E-state index contributed by atoms with van der Waals surface area (Å²) in [6, 6.07) is 5.13. The molecule has 1 aromatic rings. The lowest BCUT2D eigenvalue weighted by Gasteiger charge is -2.19. The van der Waals surface area contributed by atoms with Gasteiger partial charge >= 0.3 is 0 Å². The molecule has 0 atom stereocenters. The maximum Gasteiger partial charge on any atom is 0.225 e. The zero-order chi connectivity index (χ0) is 15.2. The van der Waals surface area contributed by atoms with Crippen LogP contribution >= 0.6 is 11.6 Å². The highest BCUT2D eigenvalue weighted by molar-refractivity contribution is 6.33. The lowest BCUT2D eigenvalue weighted by Crippen LogP contribution is -2.31. The van der Waals surface area contributed by atoms with Crippen LogP contribution in [0.2, 0.25) is 5.02 Å². The molecule has 0 saturated carbocycles. The maximum absolute atomic E-state index is 12.0. The van der Waals surface area contributed by atoms with Crippen molar-refractivity contribution in [3.05, 3.63) is 23.2 Å². The molecule has 0 bridgehead atoms. The van der Waals surface area contributed by atoms with Crippen LogP contribution in [0.4, 0.5) is 11.4 Å². The van der Waals surface area contributed by atoms with Gasteiger partial charge in [0.05, 0.1) is 10.7 Å². The monoisotopic (exact) mass is 310 g/mol. The Balaban J connectivity index is 1.77. The SMILES string of the molecule is CN1CCCN(CCC(=O)Nc2ccc(Cl)c(N)c2)CC1. The van der Waals surface area contributed by atoms with E-state index in [1.807, 2.05) is 0 Å². The molecule has 1 aliphatic rings. The topological polar surface area (TPSA) is 61.6 Å².